The number of hydrogen-bond acceptors (Lipinski definition) is 2. The molecule has 7 aromatic rings. The molecule has 1 N–H and O–H groups in total. The van der Waals surface area contributed by atoms with Crippen molar-refractivity contribution in [1.82, 2.24) is 0 Å². The van der Waals surface area contributed by atoms with Gasteiger partial charge < -0.3 is 10.2 Å². The number of nitrogens with one attached hydrogen (secondary N) is 1. The Bertz CT molecular complexity index is 2700. The lowest BCUT2D eigenvalue weighted by atomic mass is 9.53. The number of hydrogen-bond donors (Lipinski definition) is 1. The smallest absolute Gasteiger partial charge is 0.198 e. The summed E-state index contributed by atoms with van der Waals surface area (Å²) in [6.45, 7) is 9.84. The zero-order chi connectivity index (χ0) is 40.6. The first kappa shape index (κ1) is 37.2. The topological polar surface area (TPSA) is 15.3 Å². The van der Waals surface area contributed by atoms with E-state index in [2.05, 4.69) is 196 Å². The van der Waals surface area contributed by atoms with Crippen molar-refractivity contribution in [2.45, 2.75) is 94.8 Å². The van der Waals surface area contributed by atoms with Gasteiger partial charge in [0.1, 0.15) is 0 Å². The third-order valence-electron chi connectivity index (χ3n) is 15.0. The quantitative estimate of drug-likeness (QED) is 0.169. The molecule has 11 rings (SSSR count). The Morgan fingerprint density at radius 1 is 0.533 bits per heavy atom. The monoisotopic (exact) mass is 778 g/mol. The minimum atomic E-state index is -0.480. The van der Waals surface area contributed by atoms with Crippen molar-refractivity contribution in [2.24, 2.45) is 0 Å². The first-order valence-electron chi connectivity index (χ1n) is 22.6. The highest BCUT2D eigenvalue weighted by Gasteiger charge is 2.49. The second kappa shape index (κ2) is 14.2. The highest BCUT2D eigenvalue weighted by molar-refractivity contribution is 6.73. The Balaban J connectivity index is 1.22. The van der Waals surface area contributed by atoms with Gasteiger partial charge in [-0.05, 0) is 129 Å². The van der Waals surface area contributed by atoms with E-state index in [-0.39, 0.29) is 10.8 Å². The summed E-state index contributed by atoms with van der Waals surface area (Å²) in [4.78, 5) is 2.69. The largest absolute Gasteiger partial charge is 0.355 e. The second-order valence-corrected chi connectivity index (χ2v) is 19.4. The van der Waals surface area contributed by atoms with Crippen LogP contribution in [0.15, 0.2) is 158 Å². The van der Waals surface area contributed by atoms with Gasteiger partial charge in [-0.3, -0.25) is 0 Å². The van der Waals surface area contributed by atoms with Crippen LogP contribution in [0, 0.1) is 0 Å². The Labute approximate surface area is 358 Å². The first-order valence-corrected chi connectivity index (χ1v) is 22.6. The van der Waals surface area contributed by atoms with Gasteiger partial charge in [-0.2, -0.15) is 0 Å². The van der Waals surface area contributed by atoms with Gasteiger partial charge in [-0.1, -0.05) is 174 Å². The SMILES string of the molecule is CC1(C)CCC(C)(C)c2cc(-c3cc(C4CCCCC4)cc4c3Bc3cccc5c3N4c3ccccc3C5(c3ccccc3)c3ccccc3)c(Nc3ccccc3)cc21. The van der Waals surface area contributed by atoms with Crippen molar-refractivity contribution in [3.8, 4) is 11.1 Å². The van der Waals surface area contributed by atoms with Gasteiger partial charge in [0.25, 0.3) is 0 Å². The lowest BCUT2D eigenvalue weighted by molar-refractivity contribution is 0.332. The molecular formula is C57H55BN2. The van der Waals surface area contributed by atoms with Crippen LogP contribution in [-0.2, 0) is 16.2 Å². The molecule has 2 aliphatic carbocycles. The minimum absolute atomic E-state index is 0.0808. The average Bonchev–Trinajstić information content (AvgIpc) is 3.29. The Hall–Kier alpha value is -5.80. The van der Waals surface area contributed by atoms with E-state index >= 15 is 0 Å². The summed E-state index contributed by atoms with van der Waals surface area (Å²) in [6.07, 6.45) is 8.82. The molecule has 0 saturated heterocycles. The van der Waals surface area contributed by atoms with Crippen molar-refractivity contribution < 1.29 is 0 Å². The fourth-order valence-electron chi connectivity index (χ4n) is 11.8. The minimum Gasteiger partial charge on any atom is -0.355 e. The van der Waals surface area contributed by atoms with Crippen molar-refractivity contribution in [2.75, 3.05) is 10.2 Å². The van der Waals surface area contributed by atoms with Crippen LogP contribution in [0.3, 0.4) is 0 Å². The van der Waals surface area contributed by atoms with Crippen LogP contribution in [0.5, 0.6) is 0 Å². The van der Waals surface area contributed by atoms with Gasteiger partial charge >= 0.3 is 0 Å². The van der Waals surface area contributed by atoms with E-state index in [0.717, 1.165) is 13.0 Å². The van der Waals surface area contributed by atoms with E-state index < -0.39 is 5.41 Å². The van der Waals surface area contributed by atoms with Gasteiger partial charge in [0.15, 0.2) is 7.28 Å². The average molecular weight is 779 g/mol. The standard InChI is InChI=1S/C57H55BN2/c1-55(2)32-33-56(3,4)48-37-50(59-42-26-15-8-16-27-42)43(36-47(48)55)44-34-39(38-20-9-5-10-21-38)35-52-53(44)58-49-30-19-29-46-54(49)60(52)51-31-18-17-28-45(51)57(46,40-22-11-6-12-23-40)41-24-13-7-14-25-41/h6-8,11-19,22-31,34-38,58-59H,5,9-10,20-21,32-33H2,1-4H3. The van der Waals surface area contributed by atoms with Crippen LogP contribution >= 0.6 is 0 Å². The zero-order valence-electron chi connectivity index (χ0n) is 35.7. The maximum absolute atomic E-state index is 4.01. The van der Waals surface area contributed by atoms with E-state index in [4.69, 9.17) is 0 Å². The second-order valence-electron chi connectivity index (χ2n) is 19.4. The maximum Gasteiger partial charge on any atom is 0.198 e. The van der Waals surface area contributed by atoms with Crippen molar-refractivity contribution >= 4 is 46.6 Å². The lowest BCUT2D eigenvalue weighted by Gasteiger charge is -2.49. The summed E-state index contributed by atoms with van der Waals surface area (Å²) >= 11 is 0. The fraction of sp³-hybridized carbons (Fsp3) is 0.263. The van der Waals surface area contributed by atoms with Gasteiger partial charge in [0.2, 0.25) is 0 Å². The molecule has 0 spiro atoms. The van der Waals surface area contributed by atoms with Crippen LogP contribution < -0.4 is 21.1 Å². The third-order valence-corrected chi connectivity index (χ3v) is 15.0. The molecule has 0 unspecified atom stereocenters. The lowest BCUT2D eigenvalue weighted by Crippen LogP contribution is -2.47. The molecule has 0 amide bonds. The predicted molar refractivity (Wildman–Crippen MR) is 256 cm³/mol. The van der Waals surface area contributed by atoms with Crippen molar-refractivity contribution in [1.29, 1.82) is 0 Å². The molecule has 0 aromatic heterocycles. The predicted octanol–water partition coefficient (Wildman–Crippen LogP) is 13.4. The molecule has 296 valence electrons. The number of rotatable bonds is 6. The first-order chi connectivity index (χ1) is 29.2. The number of nitrogens with zero attached hydrogens (tertiary/aromatic N) is 1. The molecule has 1 fully saturated rings. The summed E-state index contributed by atoms with van der Waals surface area (Å²) < 4.78 is 0. The summed E-state index contributed by atoms with van der Waals surface area (Å²) in [6, 6.07) is 60.2. The van der Waals surface area contributed by atoms with Crippen LogP contribution in [0.25, 0.3) is 11.1 Å². The molecule has 7 aromatic carbocycles. The third kappa shape index (κ3) is 5.76. The van der Waals surface area contributed by atoms with Crippen LogP contribution in [0.1, 0.15) is 118 Å². The molecule has 2 nitrogen and oxygen atoms in total. The van der Waals surface area contributed by atoms with Gasteiger partial charge in [-0.25, -0.2) is 0 Å². The molecular weight excluding hydrogens is 723 g/mol. The van der Waals surface area contributed by atoms with E-state index in [0.29, 0.717) is 5.92 Å². The van der Waals surface area contributed by atoms with Crippen molar-refractivity contribution in [3.05, 3.63) is 197 Å². The van der Waals surface area contributed by atoms with Gasteiger partial charge in [0.05, 0.1) is 11.1 Å². The maximum atomic E-state index is 4.01. The highest BCUT2D eigenvalue weighted by Crippen LogP contribution is 2.58. The Morgan fingerprint density at radius 3 is 1.82 bits per heavy atom. The van der Waals surface area contributed by atoms with Crippen LogP contribution in [0.4, 0.5) is 28.4 Å². The molecule has 60 heavy (non-hydrogen) atoms. The number of para-hydroxylation sites is 3. The molecule has 2 aliphatic heterocycles. The van der Waals surface area contributed by atoms with E-state index in [1.165, 1.54) is 129 Å². The highest BCUT2D eigenvalue weighted by atomic mass is 15.2. The van der Waals surface area contributed by atoms with Gasteiger partial charge in [-0.15, -0.1) is 0 Å². The van der Waals surface area contributed by atoms with Crippen molar-refractivity contribution in [3.63, 3.8) is 0 Å². The fourth-order valence-corrected chi connectivity index (χ4v) is 11.8. The Kier molecular flexibility index (Phi) is 8.78. The van der Waals surface area contributed by atoms with E-state index in [1.54, 1.807) is 0 Å². The molecule has 4 aliphatic rings. The molecule has 2 heterocycles. The van der Waals surface area contributed by atoms with E-state index in [1.807, 2.05) is 0 Å². The normalized spacial score (nSPS) is 18.0. The molecule has 0 radical (unpaired) electrons. The summed E-state index contributed by atoms with van der Waals surface area (Å²) in [7, 11) is 0.869. The van der Waals surface area contributed by atoms with Gasteiger partial charge in [0, 0.05) is 28.3 Å². The van der Waals surface area contributed by atoms with Crippen LogP contribution in [0.2, 0.25) is 0 Å². The zero-order valence-corrected chi connectivity index (χ0v) is 35.7. The van der Waals surface area contributed by atoms with E-state index in [9.17, 15) is 0 Å². The molecule has 0 bridgehead atoms. The summed E-state index contributed by atoms with van der Waals surface area (Å²) in [5.41, 5.74) is 21.3. The molecule has 1 saturated carbocycles. The Morgan fingerprint density at radius 2 is 1.13 bits per heavy atom. The summed E-state index contributed by atoms with van der Waals surface area (Å²) in [5.74, 6) is 0.547. The number of fused-ring (bicyclic) bond motifs is 5. The molecule has 3 heteroatoms. The summed E-state index contributed by atoms with van der Waals surface area (Å²) in [5, 5.41) is 4.01. The number of benzene rings is 7. The molecule has 0 atom stereocenters. The van der Waals surface area contributed by atoms with Crippen LogP contribution in [-0.4, -0.2) is 7.28 Å². The number of anilines is 5.